The summed E-state index contributed by atoms with van der Waals surface area (Å²) in [5.41, 5.74) is 0.221. The van der Waals surface area contributed by atoms with E-state index in [2.05, 4.69) is 5.32 Å². The highest BCUT2D eigenvalue weighted by Gasteiger charge is 2.24. The maximum atomic E-state index is 11.6. The largest absolute Gasteiger partial charge is 0.381 e. The molecule has 4 heteroatoms. The average Bonchev–Trinajstić information content (AvgIpc) is 2.16. The first-order chi connectivity index (χ1) is 7.32. The number of benzene rings is 1. The highest BCUT2D eigenvalue weighted by molar-refractivity contribution is 5.99. The van der Waals surface area contributed by atoms with Crippen LogP contribution in [-0.2, 0) is 4.79 Å². The van der Waals surface area contributed by atoms with Gasteiger partial charge in [-0.25, -0.2) is 0 Å². The lowest BCUT2D eigenvalue weighted by molar-refractivity contribution is -0.130. The van der Waals surface area contributed by atoms with Crippen molar-refractivity contribution in [3.05, 3.63) is 24.3 Å². The monoisotopic (exact) mass is 222 g/mol. The van der Waals surface area contributed by atoms with Gasteiger partial charge in [0.15, 0.2) is 0 Å². The molecule has 16 heavy (non-hydrogen) atoms. The molecule has 0 heterocycles. The molecule has 88 valence electrons. The van der Waals surface area contributed by atoms with Crippen LogP contribution in [0.1, 0.15) is 13.8 Å². The normalized spacial score (nSPS) is 11.1. The molecule has 4 nitrogen and oxygen atoms in total. The van der Waals surface area contributed by atoms with Gasteiger partial charge in [0.25, 0.3) is 5.91 Å². The molecule has 0 spiro atoms. The Bertz CT molecular complexity index is 381. The quantitative estimate of drug-likeness (QED) is 0.814. The van der Waals surface area contributed by atoms with Crippen LogP contribution in [0.4, 0.5) is 11.4 Å². The minimum absolute atomic E-state index is 0.415. The minimum atomic E-state index is -1.38. The van der Waals surface area contributed by atoms with Crippen LogP contribution in [0.3, 0.4) is 0 Å². The van der Waals surface area contributed by atoms with Crippen LogP contribution >= 0.6 is 0 Å². The summed E-state index contributed by atoms with van der Waals surface area (Å²) >= 11 is 0. The topological polar surface area (TPSA) is 52.6 Å². The van der Waals surface area contributed by atoms with Crippen molar-refractivity contribution in [2.45, 2.75) is 19.4 Å². The smallest absolute Gasteiger partial charge is 0.255 e. The van der Waals surface area contributed by atoms with E-state index in [1.165, 1.54) is 13.8 Å². The fourth-order valence-corrected chi connectivity index (χ4v) is 1.24. The number of carbonyl (C=O) groups is 1. The molecular weight excluding hydrogens is 204 g/mol. The maximum absolute atomic E-state index is 11.6. The van der Waals surface area contributed by atoms with E-state index in [1.807, 2.05) is 37.2 Å². The number of anilines is 2. The number of nitrogens with zero attached hydrogens (tertiary/aromatic N) is 1. The lowest BCUT2D eigenvalue weighted by atomic mass is 10.1. The van der Waals surface area contributed by atoms with Crippen LogP contribution in [0.25, 0.3) is 0 Å². The van der Waals surface area contributed by atoms with Gasteiger partial charge in [0, 0.05) is 14.1 Å². The predicted octanol–water partition coefficient (Wildman–Crippen LogP) is 1.46. The van der Waals surface area contributed by atoms with Crippen LogP contribution < -0.4 is 10.2 Å². The van der Waals surface area contributed by atoms with Gasteiger partial charge < -0.3 is 15.3 Å². The van der Waals surface area contributed by atoms with Gasteiger partial charge in [0.1, 0.15) is 5.60 Å². The Balaban J connectivity index is 2.94. The number of hydrogen-bond donors (Lipinski definition) is 2. The number of hydrogen-bond acceptors (Lipinski definition) is 3. The molecule has 0 radical (unpaired) electrons. The molecule has 0 aliphatic heterocycles. The summed E-state index contributed by atoms with van der Waals surface area (Å²) in [6, 6.07) is 7.45. The number of para-hydroxylation sites is 2. The van der Waals surface area contributed by atoms with Crippen molar-refractivity contribution in [3.8, 4) is 0 Å². The second-order valence-electron chi connectivity index (χ2n) is 4.42. The molecule has 0 unspecified atom stereocenters. The third-order valence-corrected chi connectivity index (χ3v) is 2.19. The molecule has 1 amide bonds. The van der Waals surface area contributed by atoms with Crippen molar-refractivity contribution in [1.29, 1.82) is 0 Å². The molecule has 0 aliphatic rings. The molecule has 0 aliphatic carbocycles. The van der Waals surface area contributed by atoms with E-state index in [0.717, 1.165) is 5.69 Å². The Morgan fingerprint density at radius 2 is 1.88 bits per heavy atom. The van der Waals surface area contributed by atoms with E-state index in [-0.39, 0.29) is 0 Å². The van der Waals surface area contributed by atoms with Gasteiger partial charge in [0.2, 0.25) is 0 Å². The van der Waals surface area contributed by atoms with E-state index in [1.54, 1.807) is 6.07 Å². The van der Waals surface area contributed by atoms with Crippen molar-refractivity contribution in [1.82, 2.24) is 0 Å². The second kappa shape index (κ2) is 4.53. The Morgan fingerprint density at radius 3 is 2.38 bits per heavy atom. The Hall–Kier alpha value is -1.55. The van der Waals surface area contributed by atoms with E-state index in [9.17, 15) is 9.90 Å². The molecule has 0 atom stereocenters. The van der Waals surface area contributed by atoms with Crippen molar-refractivity contribution in [2.75, 3.05) is 24.3 Å². The molecule has 1 aromatic rings. The highest BCUT2D eigenvalue weighted by Crippen LogP contribution is 2.24. The zero-order chi connectivity index (χ0) is 12.3. The van der Waals surface area contributed by atoms with E-state index in [0.29, 0.717) is 5.69 Å². The number of carbonyl (C=O) groups excluding carboxylic acids is 1. The highest BCUT2D eigenvalue weighted by atomic mass is 16.3. The van der Waals surface area contributed by atoms with Crippen molar-refractivity contribution >= 4 is 17.3 Å². The predicted molar refractivity (Wildman–Crippen MR) is 65.7 cm³/mol. The van der Waals surface area contributed by atoms with Crippen molar-refractivity contribution < 1.29 is 9.90 Å². The Kier molecular flexibility index (Phi) is 3.55. The summed E-state index contributed by atoms with van der Waals surface area (Å²) in [7, 11) is 3.80. The van der Waals surface area contributed by atoms with Gasteiger partial charge >= 0.3 is 0 Å². The molecule has 0 saturated carbocycles. The fourth-order valence-electron chi connectivity index (χ4n) is 1.24. The van der Waals surface area contributed by atoms with Gasteiger partial charge in [-0.15, -0.1) is 0 Å². The zero-order valence-corrected chi connectivity index (χ0v) is 10.1. The lowest BCUT2D eigenvalue weighted by Gasteiger charge is -2.21. The average molecular weight is 222 g/mol. The fraction of sp³-hybridized carbons (Fsp3) is 0.417. The van der Waals surface area contributed by atoms with E-state index >= 15 is 0 Å². The summed E-state index contributed by atoms with van der Waals surface area (Å²) < 4.78 is 0. The standard InChI is InChI=1S/C12H18N2O2/c1-12(2,16)11(15)13-9-7-5-6-8-10(9)14(3)4/h5-8,16H,1-4H3,(H,13,15). The van der Waals surface area contributed by atoms with Crippen LogP contribution in [0.5, 0.6) is 0 Å². The number of amides is 1. The molecule has 0 bridgehead atoms. The SMILES string of the molecule is CN(C)c1ccccc1NC(=O)C(C)(C)O. The van der Waals surface area contributed by atoms with E-state index in [4.69, 9.17) is 0 Å². The van der Waals surface area contributed by atoms with Gasteiger partial charge in [0.05, 0.1) is 11.4 Å². The summed E-state index contributed by atoms with van der Waals surface area (Å²) in [4.78, 5) is 13.5. The zero-order valence-electron chi connectivity index (χ0n) is 10.1. The molecule has 0 saturated heterocycles. The van der Waals surface area contributed by atoms with Crippen molar-refractivity contribution in [2.24, 2.45) is 0 Å². The first kappa shape index (κ1) is 12.5. The maximum Gasteiger partial charge on any atom is 0.255 e. The molecular formula is C12H18N2O2. The first-order valence-electron chi connectivity index (χ1n) is 5.12. The molecule has 1 aromatic carbocycles. The van der Waals surface area contributed by atoms with Gasteiger partial charge in [-0.2, -0.15) is 0 Å². The van der Waals surface area contributed by atoms with E-state index < -0.39 is 11.5 Å². The third kappa shape index (κ3) is 2.97. The summed E-state index contributed by atoms with van der Waals surface area (Å²) in [6.45, 7) is 2.92. The molecule has 0 fully saturated rings. The lowest BCUT2D eigenvalue weighted by Crippen LogP contribution is -2.37. The molecule has 2 N–H and O–H groups in total. The summed E-state index contributed by atoms with van der Waals surface area (Å²) in [5.74, 6) is -0.415. The van der Waals surface area contributed by atoms with Crippen LogP contribution in [0.15, 0.2) is 24.3 Å². The Morgan fingerprint density at radius 1 is 1.31 bits per heavy atom. The number of rotatable bonds is 3. The number of aliphatic hydroxyl groups is 1. The first-order valence-corrected chi connectivity index (χ1v) is 5.12. The summed E-state index contributed by atoms with van der Waals surface area (Å²) in [6.07, 6.45) is 0. The van der Waals surface area contributed by atoms with Gasteiger partial charge in [-0.3, -0.25) is 4.79 Å². The second-order valence-corrected chi connectivity index (χ2v) is 4.42. The molecule has 0 aromatic heterocycles. The van der Waals surface area contributed by atoms with Crippen molar-refractivity contribution in [3.63, 3.8) is 0 Å². The van der Waals surface area contributed by atoms with Gasteiger partial charge in [-0.05, 0) is 26.0 Å². The van der Waals surface area contributed by atoms with Gasteiger partial charge in [-0.1, -0.05) is 12.1 Å². The third-order valence-electron chi connectivity index (χ3n) is 2.19. The minimum Gasteiger partial charge on any atom is -0.381 e. The molecule has 1 rings (SSSR count). The number of nitrogens with one attached hydrogen (secondary N) is 1. The van der Waals surface area contributed by atoms with Crippen LogP contribution in [0.2, 0.25) is 0 Å². The van der Waals surface area contributed by atoms with Crippen LogP contribution in [-0.4, -0.2) is 30.7 Å². The van der Waals surface area contributed by atoms with Crippen LogP contribution in [0, 0.1) is 0 Å². The summed E-state index contributed by atoms with van der Waals surface area (Å²) in [5, 5.41) is 12.3. The Labute approximate surface area is 95.9 Å².